The van der Waals surface area contributed by atoms with Crippen LogP contribution in [0.2, 0.25) is 0 Å². The van der Waals surface area contributed by atoms with E-state index in [0.29, 0.717) is 16.9 Å². The average Bonchev–Trinajstić information content (AvgIpc) is 2.90. The maximum absolute atomic E-state index is 10.9. The molecule has 8 heteroatoms. The number of hydrogen-bond donors (Lipinski definition) is 1. The van der Waals surface area contributed by atoms with E-state index >= 15 is 0 Å². The Balaban J connectivity index is 2.20. The molecule has 2 aromatic carbocycles. The molecule has 21 heavy (non-hydrogen) atoms. The van der Waals surface area contributed by atoms with Gasteiger partial charge in [0.05, 0.1) is 26.9 Å². The molecule has 3 rings (SSSR count). The van der Waals surface area contributed by atoms with Gasteiger partial charge in [-0.05, 0) is 12.1 Å². The highest BCUT2D eigenvalue weighted by Crippen LogP contribution is 2.29. The number of aromatic nitrogens is 2. The smallest absolute Gasteiger partial charge is 0.277 e. The minimum Gasteiger partial charge on any atom is -0.338 e. The van der Waals surface area contributed by atoms with Crippen LogP contribution < -0.4 is 0 Å². The fraction of sp³-hybridized carbons (Fsp3) is 0. The highest BCUT2D eigenvalue weighted by Gasteiger charge is 2.18. The molecule has 0 saturated carbocycles. The van der Waals surface area contributed by atoms with Crippen LogP contribution in [-0.2, 0) is 0 Å². The van der Waals surface area contributed by atoms with Crippen molar-refractivity contribution in [3.05, 3.63) is 62.7 Å². The van der Waals surface area contributed by atoms with Gasteiger partial charge in [-0.1, -0.05) is 12.1 Å². The van der Waals surface area contributed by atoms with Gasteiger partial charge in [-0.15, -0.1) is 0 Å². The number of H-pyrrole nitrogens is 1. The van der Waals surface area contributed by atoms with Gasteiger partial charge in [-0.25, -0.2) is 4.98 Å². The Morgan fingerprint density at radius 1 is 0.952 bits per heavy atom. The summed E-state index contributed by atoms with van der Waals surface area (Å²) in [5, 5.41) is 21.8. The number of hydrogen-bond acceptors (Lipinski definition) is 5. The predicted molar refractivity (Wildman–Crippen MR) is 74.8 cm³/mol. The molecule has 1 aromatic heterocycles. The van der Waals surface area contributed by atoms with Crippen molar-refractivity contribution >= 4 is 22.4 Å². The number of benzene rings is 2. The Morgan fingerprint density at radius 2 is 1.57 bits per heavy atom. The maximum atomic E-state index is 10.9. The number of imidazole rings is 1. The highest BCUT2D eigenvalue weighted by molar-refractivity contribution is 5.80. The van der Waals surface area contributed by atoms with Crippen molar-refractivity contribution in [2.75, 3.05) is 0 Å². The second-order valence-electron chi connectivity index (χ2n) is 4.35. The summed E-state index contributed by atoms with van der Waals surface area (Å²) in [6, 6.07) is 10.6. The lowest BCUT2D eigenvalue weighted by Gasteiger charge is -1.98. The first-order chi connectivity index (χ1) is 10.0. The number of rotatable bonds is 3. The molecular formula is C13H8N4O4. The number of para-hydroxylation sites is 2. The van der Waals surface area contributed by atoms with E-state index < -0.39 is 9.85 Å². The Kier molecular flexibility index (Phi) is 2.83. The van der Waals surface area contributed by atoms with E-state index in [4.69, 9.17) is 0 Å². The van der Waals surface area contributed by atoms with Crippen LogP contribution in [0, 0.1) is 20.2 Å². The van der Waals surface area contributed by atoms with Gasteiger partial charge in [0, 0.05) is 17.7 Å². The van der Waals surface area contributed by atoms with Gasteiger partial charge in [-0.3, -0.25) is 20.2 Å². The van der Waals surface area contributed by atoms with Crippen molar-refractivity contribution in [1.82, 2.24) is 9.97 Å². The number of nitro benzene ring substituents is 2. The summed E-state index contributed by atoms with van der Waals surface area (Å²) in [5.41, 5.74) is 1.04. The van der Waals surface area contributed by atoms with E-state index in [1.54, 1.807) is 12.1 Å². The molecule has 0 aliphatic heterocycles. The number of fused-ring (bicyclic) bond motifs is 1. The third-order valence-electron chi connectivity index (χ3n) is 2.99. The molecule has 1 N–H and O–H groups in total. The lowest BCUT2D eigenvalue weighted by atomic mass is 10.1. The van der Waals surface area contributed by atoms with Crippen LogP contribution in [0.3, 0.4) is 0 Å². The molecule has 0 amide bonds. The number of nitrogens with zero attached hydrogens (tertiary/aromatic N) is 3. The molecule has 0 fully saturated rings. The molecule has 0 atom stereocenters. The zero-order valence-corrected chi connectivity index (χ0v) is 10.5. The fourth-order valence-corrected chi connectivity index (χ4v) is 2.03. The van der Waals surface area contributed by atoms with E-state index in [1.165, 1.54) is 12.1 Å². The number of non-ortho nitro benzene ring substituents is 2. The van der Waals surface area contributed by atoms with Gasteiger partial charge in [0.15, 0.2) is 0 Å². The Labute approximate surface area is 117 Å². The monoisotopic (exact) mass is 284 g/mol. The summed E-state index contributed by atoms with van der Waals surface area (Å²) in [5.74, 6) is 0.350. The van der Waals surface area contributed by atoms with Crippen LogP contribution in [0.25, 0.3) is 22.4 Å². The van der Waals surface area contributed by atoms with Crippen molar-refractivity contribution in [3.8, 4) is 11.4 Å². The lowest BCUT2D eigenvalue weighted by molar-refractivity contribution is -0.394. The second kappa shape index (κ2) is 4.67. The normalized spacial score (nSPS) is 10.7. The molecule has 104 valence electrons. The van der Waals surface area contributed by atoms with Gasteiger partial charge < -0.3 is 4.98 Å². The molecule has 0 spiro atoms. The fourth-order valence-electron chi connectivity index (χ4n) is 2.03. The van der Waals surface area contributed by atoms with E-state index in [0.717, 1.165) is 11.6 Å². The molecular weight excluding hydrogens is 276 g/mol. The van der Waals surface area contributed by atoms with Crippen LogP contribution in [0.5, 0.6) is 0 Å². The quantitative estimate of drug-likeness (QED) is 0.586. The van der Waals surface area contributed by atoms with E-state index in [2.05, 4.69) is 9.97 Å². The molecule has 0 aliphatic rings. The first kappa shape index (κ1) is 12.7. The summed E-state index contributed by atoms with van der Waals surface area (Å²) in [6.45, 7) is 0. The van der Waals surface area contributed by atoms with Crippen LogP contribution in [0.1, 0.15) is 0 Å². The standard InChI is InChI=1S/C13H8N4O4/c18-16(19)9-5-8(6-10(7-9)17(20)21)13-14-11-3-1-2-4-12(11)15-13/h1-7H,(H,14,15). The molecule has 8 nitrogen and oxygen atoms in total. The van der Waals surface area contributed by atoms with Crippen LogP contribution in [-0.4, -0.2) is 19.8 Å². The minimum atomic E-state index is -0.668. The zero-order valence-electron chi connectivity index (χ0n) is 10.5. The average molecular weight is 284 g/mol. The first-order valence-corrected chi connectivity index (χ1v) is 5.93. The minimum absolute atomic E-state index is 0.298. The topological polar surface area (TPSA) is 115 Å². The molecule has 0 radical (unpaired) electrons. The molecule has 3 aromatic rings. The number of nitrogens with one attached hydrogen (secondary N) is 1. The van der Waals surface area contributed by atoms with E-state index in [9.17, 15) is 20.2 Å². The van der Waals surface area contributed by atoms with E-state index in [1.807, 2.05) is 12.1 Å². The molecule has 1 heterocycles. The summed E-state index contributed by atoms with van der Waals surface area (Å²) >= 11 is 0. The number of nitro groups is 2. The predicted octanol–water partition coefficient (Wildman–Crippen LogP) is 3.05. The summed E-state index contributed by atoms with van der Waals surface area (Å²) < 4.78 is 0. The SMILES string of the molecule is O=[N+]([O-])c1cc(-c2nc3ccccc3[nH]2)cc([N+](=O)[O-])c1. The second-order valence-corrected chi connectivity index (χ2v) is 4.35. The highest BCUT2D eigenvalue weighted by atomic mass is 16.6. The van der Waals surface area contributed by atoms with Crippen LogP contribution >= 0.6 is 0 Å². The Bertz CT molecular complexity index is 806. The molecule has 0 bridgehead atoms. The molecule has 0 aliphatic carbocycles. The van der Waals surface area contributed by atoms with Gasteiger partial charge in [-0.2, -0.15) is 0 Å². The van der Waals surface area contributed by atoms with Gasteiger partial charge in [0.25, 0.3) is 11.4 Å². The Morgan fingerprint density at radius 3 is 2.14 bits per heavy atom. The van der Waals surface area contributed by atoms with Crippen LogP contribution in [0.4, 0.5) is 11.4 Å². The summed E-state index contributed by atoms with van der Waals surface area (Å²) in [7, 11) is 0. The van der Waals surface area contributed by atoms with Crippen molar-refractivity contribution in [1.29, 1.82) is 0 Å². The molecule has 0 saturated heterocycles. The van der Waals surface area contributed by atoms with Crippen molar-refractivity contribution < 1.29 is 9.85 Å². The third kappa shape index (κ3) is 2.29. The largest absolute Gasteiger partial charge is 0.338 e. The van der Waals surface area contributed by atoms with E-state index in [-0.39, 0.29) is 11.4 Å². The number of aromatic amines is 1. The van der Waals surface area contributed by atoms with Gasteiger partial charge >= 0.3 is 0 Å². The lowest BCUT2D eigenvalue weighted by Crippen LogP contribution is -1.94. The van der Waals surface area contributed by atoms with Gasteiger partial charge in [0.2, 0.25) is 0 Å². The third-order valence-corrected chi connectivity index (χ3v) is 2.99. The molecule has 0 unspecified atom stereocenters. The summed E-state index contributed by atoms with van der Waals surface area (Å²) in [6.07, 6.45) is 0. The van der Waals surface area contributed by atoms with Crippen molar-refractivity contribution in [3.63, 3.8) is 0 Å². The maximum Gasteiger partial charge on any atom is 0.277 e. The summed E-state index contributed by atoms with van der Waals surface area (Å²) in [4.78, 5) is 27.7. The van der Waals surface area contributed by atoms with Gasteiger partial charge in [0.1, 0.15) is 5.82 Å². The van der Waals surface area contributed by atoms with Crippen molar-refractivity contribution in [2.24, 2.45) is 0 Å². The zero-order chi connectivity index (χ0) is 15.0. The first-order valence-electron chi connectivity index (χ1n) is 5.93. The van der Waals surface area contributed by atoms with Crippen molar-refractivity contribution in [2.45, 2.75) is 0 Å². The Hall–Kier alpha value is -3.29. The van der Waals surface area contributed by atoms with Crippen LogP contribution in [0.15, 0.2) is 42.5 Å².